The van der Waals surface area contributed by atoms with E-state index in [1.54, 1.807) is 0 Å². The lowest BCUT2D eigenvalue weighted by Gasteiger charge is -2.39. The zero-order valence-corrected chi connectivity index (χ0v) is 16.1. The molecule has 4 nitrogen and oxygen atoms in total. The third-order valence-electron chi connectivity index (χ3n) is 5.40. The monoisotopic (exact) mass is 385 g/mol. The first-order chi connectivity index (χ1) is 13.6. The highest BCUT2D eigenvalue weighted by atomic mass is 19.1. The summed E-state index contributed by atoms with van der Waals surface area (Å²) in [7, 11) is 2.02. The third kappa shape index (κ3) is 3.87. The standard InChI is InChI=1S/C22H25F2N3O/c1-26-12-5-4-11-25-22(28-15-26)27-13-10-16-6-2-3-7-18(16)21(27)19-9-8-17(23)14-20(19)24/h2-3,6-9,14,21H,4-5,10-13,15H2,1H3/b25-22-/t21-/m1/s1. The van der Waals surface area contributed by atoms with Crippen molar-refractivity contribution in [2.24, 2.45) is 4.99 Å². The van der Waals surface area contributed by atoms with E-state index in [9.17, 15) is 8.78 Å². The van der Waals surface area contributed by atoms with Crippen LogP contribution < -0.4 is 0 Å². The van der Waals surface area contributed by atoms with Gasteiger partial charge in [-0.1, -0.05) is 30.3 Å². The van der Waals surface area contributed by atoms with E-state index in [0.29, 0.717) is 31.4 Å². The molecule has 0 aromatic heterocycles. The Hall–Kier alpha value is -2.47. The molecule has 2 aliphatic rings. The van der Waals surface area contributed by atoms with E-state index >= 15 is 0 Å². The summed E-state index contributed by atoms with van der Waals surface area (Å²) in [6.45, 7) is 2.75. The molecule has 0 amide bonds. The van der Waals surface area contributed by atoms with Crippen molar-refractivity contribution >= 4 is 6.02 Å². The minimum absolute atomic E-state index is 0.393. The maximum atomic E-state index is 14.8. The summed E-state index contributed by atoms with van der Waals surface area (Å²) in [5.41, 5.74) is 2.63. The first kappa shape index (κ1) is 18.9. The lowest BCUT2D eigenvalue weighted by molar-refractivity contribution is 0.111. The molecule has 0 radical (unpaired) electrons. The van der Waals surface area contributed by atoms with Gasteiger partial charge in [0.05, 0.1) is 6.04 Å². The minimum atomic E-state index is -0.574. The summed E-state index contributed by atoms with van der Waals surface area (Å²) < 4.78 is 34.4. The van der Waals surface area contributed by atoms with E-state index < -0.39 is 17.7 Å². The van der Waals surface area contributed by atoms with Gasteiger partial charge >= 0.3 is 0 Å². The Morgan fingerprint density at radius 2 is 1.89 bits per heavy atom. The highest BCUT2D eigenvalue weighted by molar-refractivity contribution is 5.75. The van der Waals surface area contributed by atoms with Gasteiger partial charge in [0.25, 0.3) is 6.02 Å². The molecule has 2 heterocycles. The number of halogens is 2. The number of amidine groups is 1. The molecule has 2 aromatic rings. The van der Waals surface area contributed by atoms with Crippen LogP contribution in [0.5, 0.6) is 0 Å². The first-order valence-electron chi connectivity index (χ1n) is 9.78. The van der Waals surface area contributed by atoms with Crippen LogP contribution in [0.15, 0.2) is 47.5 Å². The molecule has 0 bridgehead atoms. The summed E-state index contributed by atoms with van der Waals surface area (Å²) in [4.78, 5) is 8.84. The van der Waals surface area contributed by atoms with Crippen LogP contribution in [0.4, 0.5) is 8.78 Å². The van der Waals surface area contributed by atoms with Gasteiger partial charge in [-0.15, -0.1) is 0 Å². The highest BCUT2D eigenvalue weighted by Gasteiger charge is 2.33. The van der Waals surface area contributed by atoms with Crippen LogP contribution in [-0.4, -0.2) is 49.2 Å². The number of rotatable bonds is 1. The van der Waals surface area contributed by atoms with Crippen molar-refractivity contribution in [2.45, 2.75) is 25.3 Å². The van der Waals surface area contributed by atoms with Gasteiger partial charge in [0, 0.05) is 31.3 Å². The number of fused-ring (bicyclic) bond motifs is 1. The largest absolute Gasteiger partial charge is 0.449 e. The average molecular weight is 385 g/mol. The lowest BCUT2D eigenvalue weighted by Crippen LogP contribution is -2.43. The molecule has 1 atom stereocenters. The normalized spacial score (nSPS) is 22.9. The van der Waals surface area contributed by atoms with Gasteiger partial charge < -0.3 is 9.64 Å². The van der Waals surface area contributed by atoms with Crippen molar-refractivity contribution in [3.63, 3.8) is 0 Å². The van der Waals surface area contributed by atoms with E-state index in [-0.39, 0.29) is 0 Å². The maximum absolute atomic E-state index is 14.8. The second-order valence-corrected chi connectivity index (χ2v) is 7.44. The fraction of sp³-hybridized carbons (Fsp3) is 0.409. The molecule has 0 spiro atoms. The summed E-state index contributed by atoms with van der Waals surface area (Å²) in [6.07, 6.45) is 2.88. The van der Waals surface area contributed by atoms with Crippen molar-refractivity contribution < 1.29 is 13.5 Å². The van der Waals surface area contributed by atoms with Gasteiger partial charge in [-0.3, -0.25) is 4.90 Å². The van der Waals surface area contributed by atoms with Crippen LogP contribution in [-0.2, 0) is 11.2 Å². The molecule has 0 saturated heterocycles. The molecule has 0 N–H and O–H groups in total. The van der Waals surface area contributed by atoms with Gasteiger partial charge in [0.2, 0.25) is 0 Å². The van der Waals surface area contributed by atoms with Crippen LogP contribution in [0.3, 0.4) is 0 Å². The molecule has 0 fully saturated rings. The van der Waals surface area contributed by atoms with Crippen LogP contribution in [0.1, 0.15) is 35.6 Å². The summed E-state index contributed by atoms with van der Waals surface area (Å²) in [5, 5.41) is 0. The number of benzene rings is 2. The Labute approximate surface area is 164 Å². The molecule has 0 unspecified atom stereocenters. The van der Waals surface area contributed by atoms with Crippen LogP contribution in [0, 0.1) is 11.6 Å². The zero-order valence-electron chi connectivity index (χ0n) is 16.1. The lowest BCUT2D eigenvalue weighted by atomic mass is 9.88. The Bertz CT molecular complexity index is 871. The molecule has 0 aliphatic carbocycles. The number of nitrogens with zero attached hydrogens (tertiary/aromatic N) is 3. The zero-order chi connectivity index (χ0) is 19.5. The van der Waals surface area contributed by atoms with Crippen molar-refractivity contribution in [3.8, 4) is 0 Å². The highest BCUT2D eigenvalue weighted by Crippen LogP contribution is 2.37. The van der Waals surface area contributed by atoms with Gasteiger partial charge in [-0.25, -0.2) is 13.8 Å². The molecular formula is C22H25F2N3O. The van der Waals surface area contributed by atoms with Crippen molar-refractivity contribution in [1.82, 2.24) is 9.80 Å². The topological polar surface area (TPSA) is 28.1 Å². The second kappa shape index (κ2) is 8.27. The van der Waals surface area contributed by atoms with Gasteiger partial charge in [0.1, 0.15) is 18.4 Å². The van der Waals surface area contributed by atoms with Gasteiger partial charge in [-0.2, -0.15) is 0 Å². The molecule has 6 heteroatoms. The summed E-state index contributed by atoms with van der Waals surface area (Å²) in [6, 6.07) is 12.0. The molecule has 148 valence electrons. The van der Waals surface area contributed by atoms with Gasteiger partial charge in [-0.05, 0) is 43.5 Å². The quantitative estimate of drug-likeness (QED) is 0.744. The summed E-state index contributed by atoms with van der Waals surface area (Å²) in [5.74, 6) is -1.12. The Morgan fingerprint density at radius 1 is 1.04 bits per heavy atom. The van der Waals surface area contributed by atoms with Crippen LogP contribution in [0.25, 0.3) is 0 Å². The van der Waals surface area contributed by atoms with E-state index in [1.807, 2.05) is 30.1 Å². The Morgan fingerprint density at radius 3 is 2.75 bits per heavy atom. The molecule has 2 aliphatic heterocycles. The smallest absolute Gasteiger partial charge is 0.289 e. The third-order valence-corrected chi connectivity index (χ3v) is 5.40. The second-order valence-electron chi connectivity index (χ2n) is 7.44. The molecule has 2 aromatic carbocycles. The molecule has 0 saturated carbocycles. The number of hydrogen-bond donors (Lipinski definition) is 0. The van der Waals surface area contributed by atoms with E-state index in [0.717, 1.165) is 37.4 Å². The predicted octanol–water partition coefficient (Wildman–Crippen LogP) is 3.97. The Balaban J connectivity index is 1.76. The SMILES string of the molecule is CN1CCCC/N=C(/N2CCc3ccccc3[C@@H]2c2ccc(F)cc2F)OC1. The minimum Gasteiger partial charge on any atom is -0.449 e. The van der Waals surface area contributed by atoms with E-state index in [2.05, 4.69) is 11.0 Å². The fourth-order valence-corrected chi connectivity index (χ4v) is 3.95. The number of ether oxygens (including phenoxy) is 1. The predicted molar refractivity (Wildman–Crippen MR) is 105 cm³/mol. The molecule has 4 rings (SSSR count). The maximum Gasteiger partial charge on any atom is 0.289 e. The van der Waals surface area contributed by atoms with Crippen molar-refractivity contribution in [2.75, 3.05) is 33.4 Å². The van der Waals surface area contributed by atoms with Crippen LogP contribution >= 0.6 is 0 Å². The Kier molecular flexibility index (Phi) is 5.57. The molecule has 28 heavy (non-hydrogen) atoms. The van der Waals surface area contributed by atoms with Crippen LogP contribution in [0.2, 0.25) is 0 Å². The van der Waals surface area contributed by atoms with Gasteiger partial charge in [0.15, 0.2) is 0 Å². The summed E-state index contributed by atoms with van der Waals surface area (Å²) >= 11 is 0. The molecular weight excluding hydrogens is 360 g/mol. The number of aliphatic imine (C=N–C) groups is 1. The average Bonchev–Trinajstić information content (AvgIpc) is 2.80. The number of hydrogen-bond acceptors (Lipinski definition) is 4. The van der Waals surface area contributed by atoms with E-state index in [4.69, 9.17) is 9.73 Å². The fourth-order valence-electron chi connectivity index (χ4n) is 3.95. The first-order valence-corrected chi connectivity index (χ1v) is 9.78. The van der Waals surface area contributed by atoms with Crippen molar-refractivity contribution in [3.05, 3.63) is 70.8 Å². The van der Waals surface area contributed by atoms with E-state index in [1.165, 1.54) is 17.7 Å². The van der Waals surface area contributed by atoms with Crippen molar-refractivity contribution in [1.29, 1.82) is 0 Å².